The molecule has 0 unspecified atom stereocenters. The Labute approximate surface area is 437 Å². The summed E-state index contributed by atoms with van der Waals surface area (Å²) >= 11 is 0. The molecule has 0 aromatic heterocycles. The Balaban J connectivity index is 5.21. The topological polar surface area (TPSA) is 361 Å². The van der Waals surface area contributed by atoms with Gasteiger partial charge in [-0.3, -0.25) is 52.7 Å². The molecule has 5 atom stereocenters. The van der Waals surface area contributed by atoms with E-state index in [9.17, 15) is 57.8 Å². The van der Waals surface area contributed by atoms with Gasteiger partial charge in [0.25, 0.3) is 0 Å². The summed E-state index contributed by atoms with van der Waals surface area (Å²) in [5.74, 6) is -8.39. The first-order chi connectivity index (χ1) is 34.2. The Kier molecular flexibility index (Phi) is 30.5. The van der Waals surface area contributed by atoms with E-state index >= 15 is 0 Å². The summed E-state index contributed by atoms with van der Waals surface area (Å²) in [4.78, 5) is 143. The van der Waals surface area contributed by atoms with Crippen molar-refractivity contribution in [3.8, 4) is 0 Å². The van der Waals surface area contributed by atoms with Crippen LogP contribution in [0, 0.1) is 23.7 Å². The molecule has 0 aliphatic carbocycles. The molecule has 424 valence electrons. The molecule has 0 aromatic carbocycles. The van der Waals surface area contributed by atoms with E-state index in [0.29, 0.717) is 25.7 Å². The van der Waals surface area contributed by atoms with Gasteiger partial charge in [-0.1, -0.05) is 81.1 Å². The third-order valence-electron chi connectivity index (χ3n) is 11.9. The monoisotopic (exact) mass is 1050 g/mol. The van der Waals surface area contributed by atoms with Crippen LogP contribution in [0.25, 0.3) is 0 Å². The van der Waals surface area contributed by atoms with Crippen LogP contribution in [0.2, 0.25) is 0 Å². The Morgan fingerprint density at radius 2 is 0.811 bits per heavy atom. The molecule has 0 bridgehead atoms. The summed E-state index contributed by atoms with van der Waals surface area (Å²) in [6.45, 7) is 20.2. The van der Waals surface area contributed by atoms with Gasteiger partial charge in [0.2, 0.25) is 65.0 Å². The Hall–Kier alpha value is -5.91. The smallest absolute Gasteiger partial charge is 0.245 e. The molecule has 0 rings (SSSR count). The van der Waals surface area contributed by atoms with Crippen molar-refractivity contribution in [2.45, 2.75) is 189 Å². The van der Waals surface area contributed by atoms with Crippen molar-refractivity contribution in [3.63, 3.8) is 0 Å². The SMILES string of the molecule is CC[C@H](C)[C@H](NC(=O)CNC(=O)C(C)(C)NC(=O)[C@@H](NC(=O)CNC(=O)CNC(=O)C(C)(C)NC(=O)[C@@H](NC(=O)CNC(=O)C(C)(C)NC(=O)CCCCCCCO)C(C)C)C(C)C)C(=O)N[C@H](CO)CC(C)C. The van der Waals surface area contributed by atoms with Crippen molar-refractivity contribution in [1.82, 2.24) is 58.5 Å². The van der Waals surface area contributed by atoms with Gasteiger partial charge < -0.3 is 68.7 Å². The third kappa shape index (κ3) is 26.3. The first-order valence-corrected chi connectivity index (χ1v) is 25.7. The van der Waals surface area contributed by atoms with Crippen molar-refractivity contribution in [2.24, 2.45) is 23.7 Å². The molecule has 0 spiro atoms. The number of aliphatic hydroxyl groups is 2. The van der Waals surface area contributed by atoms with Crippen molar-refractivity contribution >= 4 is 65.0 Å². The lowest BCUT2D eigenvalue weighted by molar-refractivity contribution is -0.136. The molecule has 0 saturated heterocycles. The predicted octanol–water partition coefficient (Wildman–Crippen LogP) is -1.20. The molecule has 0 fully saturated rings. The van der Waals surface area contributed by atoms with Crippen molar-refractivity contribution in [2.75, 3.05) is 39.4 Å². The Bertz CT molecular complexity index is 1910. The zero-order chi connectivity index (χ0) is 57.1. The average Bonchev–Trinajstić information content (AvgIpc) is 3.30. The molecular formula is C50H91N11O13. The number of nitrogens with one attached hydrogen (secondary N) is 11. The molecule has 0 saturated carbocycles. The predicted molar refractivity (Wildman–Crippen MR) is 277 cm³/mol. The lowest BCUT2D eigenvalue weighted by Gasteiger charge is -2.30. The van der Waals surface area contributed by atoms with E-state index in [-0.39, 0.29) is 37.4 Å². The number of unbranched alkanes of at least 4 members (excludes halogenated alkanes) is 4. The van der Waals surface area contributed by atoms with Crippen molar-refractivity contribution in [1.29, 1.82) is 0 Å². The van der Waals surface area contributed by atoms with E-state index in [1.807, 2.05) is 20.8 Å². The normalized spacial score (nSPS) is 13.8. The second-order valence-corrected chi connectivity index (χ2v) is 21.5. The second-order valence-electron chi connectivity index (χ2n) is 21.5. The van der Waals surface area contributed by atoms with E-state index < -0.39 is 138 Å². The molecule has 11 amide bonds. The number of rotatable bonds is 35. The van der Waals surface area contributed by atoms with Crippen LogP contribution in [-0.4, -0.2) is 155 Å². The minimum absolute atomic E-state index is 0.122. The standard InChI is InChI=1S/C50H91N11O13/c1-15-32(8)41(42(69)55-33(28-63)23-29(2)3)58-38(68)27-54-47(74)50(13,14)61-43(70)39(30(4)5)56-36(66)25-51-35(65)24-52-46(73)49(11,12)60-44(71)40(31(6)7)57-37(67)26-53-45(72)48(9,10)59-34(64)21-19-17-16-18-20-22-62/h29-33,39-41,62-63H,15-28H2,1-14H3,(H,51,65)(H,52,73)(H,53,72)(H,54,74)(H,55,69)(H,56,66)(H,57,67)(H,58,68)(H,59,64)(H,60,71)(H,61,70)/t32-,33-,39-,40-,41-/m0/s1. The molecule has 24 heteroatoms. The van der Waals surface area contributed by atoms with E-state index in [2.05, 4.69) is 58.5 Å². The number of carbonyl (C=O) groups is 11. The van der Waals surface area contributed by atoms with E-state index in [1.54, 1.807) is 34.6 Å². The highest BCUT2D eigenvalue weighted by Crippen LogP contribution is 2.13. The molecule has 0 aromatic rings. The molecule has 0 heterocycles. The van der Waals surface area contributed by atoms with Crippen LogP contribution in [-0.2, 0) is 52.7 Å². The van der Waals surface area contributed by atoms with E-state index in [0.717, 1.165) is 19.3 Å². The number of hydrogen-bond donors (Lipinski definition) is 13. The minimum atomic E-state index is -1.61. The summed E-state index contributed by atoms with van der Waals surface area (Å²) in [5.41, 5.74) is -4.53. The van der Waals surface area contributed by atoms with Crippen LogP contribution in [0.3, 0.4) is 0 Å². The lowest BCUT2D eigenvalue weighted by Crippen LogP contribution is -2.62. The molecule has 0 aliphatic heterocycles. The van der Waals surface area contributed by atoms with Gasteiger partial charge in [-0.05, 0) is 84.5 Å². The van der Waals surface area contributed by atoms with Gasteiger partial charge in [-0.15, -0.1) is 0 Å². The van der Waals surface area contributed by atoms with Crippen LogP contribution in [0.4, 0.5) is 0 Å². The van der Waals surface area contributed by atoms with Gasteiger partial charge in [-0.25, -0.2) is 0 Å². The molecule has 0 aliphatic rings. The van der Waals surface area contributed by atoms with Crippen LogP contribution in [0.5, 0.6) is 0 Å². The second kappa shape index (κ2) is 33.1. The highest BCUT2D eigenvalue weighted by atomic mass is 16.3. The first-order valence-electron chi connectivity index (χ1n) is 25.7. The lowest BCUT2D eigenvalue weighted by atomic mass is 9.97. The Morgan fingerprint density at radius 1 is 0.432 bits per heavy atom. The summed E-state index contributed by atoms with van der Waals surface area (Å²) in [5, 5.41) is 46.6. The van der Waals surface area contributed by atoms with Gasteiger partial charge in [-0.2, -0.15) is 0 Å². The maximum atomic E-state index is 13.4. The van der Waals surface area contributed by atoms with Crippen LogP contribution >= 0.6 is 0 Å². The van der Waals surface area contributed by atoms with Crippen LogP contribution < -0.4 is 58.5 Å². The molecule has 13 N–H and O–H groups in total. The van der Waals surface area contributed by atoms with Crippen molar-refractivity contribution < 1.29 is 63.0 Å². The van der Waals surface area contributed by atoms with Gasteiger partial charge in [0.1, 0.15) is 34.7 Å². The van der Waals surface area contributed by atoms with E-state index in [1.165, 1.54) is 41.5 Å². The summed E-state index contributed by atoms with van der Waals surface area (Å²) in [6.07, 6.45) is 5.16. The van der Waals surface area contributed by atoms with Crippen molar-refractivity contribution in [3.05, 3.63) is 0 Å². The van der Waals surface area contributed by atoms with Gasteiger partial charge in [0.15, 0.2) is 0 Å². The largest absolute Gasteiger partial charge is 0.396 e. The maximum absolute atomic E-state index is 13.4. The number of hydrogen-bond acceptors (Lipinski definition) is 13. The van der Waals surface area contributed by atoms with E-state index in [4.69, 9.17) is 5.11 Å². The number of amides is 11. The summed E-state index contributed by atoms with van der Waals surface area (Å²) < 4.78 is 0. The molecule has 74 heavy (non-hydrogen) atoms. The molecular weight excluding hydrogens is 963 g/mol. The summed E-state index contributed by atoms with van der Waals surface area (Å²) in [7, 11) is 0. The number of aliphatic hydroxyl groups excluding tert-OH is 2. The van der Waals surface area contributed by atoms with Gasteiger partial charge >= 0.3 is 0 Å². The Morgan fingerprint density at radius 3 is 1.20 bits per heavy atom. The zero-order valence-electron chi connectivity index (χ0n) is 46.4. The number of carbonyl (C=O) groups excluding carboxylic acids is 11. The average molecular weight is 1050 g/mol. The first kappa shape index (κ1) is 68.1. The minimum Gasteiger partial charge on any atom is -0.396 e. The molecule has 24 nitrogen and oxygen atoms in total. The van der Waals surface area contributed by atoms with Crippen LogP contribution in [0.15, 0.2) is 0 Å². The third-order valence-corrected chi connectivity index (χ3v) is 11.9. The zero-order valence-corrected chi connectivity index (χ0v) is 46.4. The quantitative estimate of drug-likeness (QED) is 0.0333. The highest BCUT2D eigenvalue weighted by Gasteiger charge is 2.37. The molecule has 0 radical (unpaired) electrons. The van der Waals surface area contributed by atoms with Crippen LogP contribution in [0.1, 0.15) is 148 Å². The maximum Gasteiger partial charge on any atom is 0.245 e. The van der Waals surface area contributed by atoms with Gasteiger partial charge in [0.05, 0.1) is 38.8 Å². The fraction of sp³-hybridized carbons (Fsp3) is 0.780. The fourth-order valence-electron chi connectivity index (χ4n) is 7.15. The summed E-state index contributed by atoms with van der Waals surface area (Å²) in [6, 6.07) is -3.76. The highest BCUT2D eigenvalue weighted by molar-refractivity contribution is 5.99. The fourth-order valence-corrected chi connectivity index (χ4v) is 7.15. The van der Waals surface area contributed by atoms with Gasteiger partial charge in [0, 0.05) is 13.0 Å².